The molecule has 1 saturated carbocycles. The molecule has 4 atom stereocenters. The van der Waals surface area contributed by atoms with E-state index < -0.39 is 0 Å². The van der Waals surface area contributed by atoms with Gasteiger partial charge in [0.05, 0.1) is 12.1 Å². The van der Waals surface area contributed by atoms with Crippen molar-refractivity contribution in [3.8, 4) is 0 Å². The number of anilines is 1. The lowest BCUT2D eigenvalue weighted by molar-refractivity contribution is 0.0124. The second-order valence-corrected chi connectivity index (χ2v) is 7.88. The highest BCUT2D eigenvalue weighted by atomic mass is 16.5. The third kappa shape index (κ3) is 3.33. The number of fused-ring (bicyclic) bond motifs is 2. The quantitative estimate of drug-likeness (QED) is 0.729. The normalized spacial score (nSPS) is 26.4. The number of aromatic nitrogens is 4. The van der Waals surface area contributed by atoms with Crippen LogP contribution in [0.15, 0.2) is 48.9 Å². The molecule has 1 aliphatic heterocycles. The number of nitrogens with one attached hydrogen (secondary N) is 1. The van der Waals surface area contributed by atoms with E-state index in [9.17, 15) is 4.79 Å². The summed E-state index contributed by atoms with van der Waals surface area (Å²) in [4.78, 5) is 24.0. The van der Waals surface area contributed by atoms with Crippen molar-refractivity contribution in [2.24, 2.45) is 11.8 Å². The highest BCUT2D eigenvalue weighted by molar-refractivity contribution is 5.93. The summed E-state index contributed by atoms with van der Waals surface area (Å²) in [5.41, 5.74) is 1.14. The largest absolute Gasteiger partial charge is 0.379 e. The maximum Gasteiger partial charge on any atom is 0.270 e. The Morgan fingerprint density at radius 1 is 1.10 bits per heavy atom. The fourth-order valence-corrected chi connectivity index (χ4v) is 4.81. The molecule has 0 unspecified atom stereocenters. The Morgan fingerprint density at radius 3 is 2.76 bits per heavy atom. The van der Waals surface area contributed by atoms with Crippen LogP contribution in [0.3, 0.4) is 0 Å². The van der Waals surface area contributed by atoms with E-state index >= 15 is 0 Å². The van der Waals surface area contributed by atoms with E-state index in [-0.39, 0.29) is 18.1 Å². The van der Waals surface area contributed by atoms with Gasteiger partial charge in [-0.05, 0) is 48.9 Å². The summed E-state index contributed by atoms with van der Waals surface area (Å²) in [5, 5.41) is 7.37. The van der Waals surface area contributed by atoms with Crippen LogP contribution in [0.25, 0.3) is 5.65 Å². The molecule has 8 heteroatoms. The van der Waals surface area contributed by atoms with E-state index in [0.29, 0.717) is 23.2 Å². The zero-order valence-electron chi connectivity index (χ0n) is 16.3. The molecule has 4 heterocycles. The van der Waals surface area contributed by atoms with Crippen molar-refractivity contribution in [3.05, 3.63) is 54.6 Å². The summed E-state index contributed by atoms with van der Waals surface area (Å²) < 4.78 is 7.35. The Balaban J connectivity index is 1.32. The maximum absolute atomic E-state index is 13.0. The lowest BCUT2D eigenvalue weighted by Crippen LogP contribution is -2.50. The van der Waals surface area contributed by atoms with Crippen molar-refractivity contribution in [2.45, 2.75) is 25.0 Å². The van der Waals surface area contributed by atoms with Crippen LogP contribution in [0.1, 0.15) is 23.3 Å². The number of rotatable bonds is 4. The number of hydrogen-bond donors (Lipinski definition) is 1. The predicted octanol–water partition coefficient (Wildman–Crippen LogP) is 1.78. The van der Waals surface area contributed by atoms with Gasteiger partial charge in [0.2, 0.25) is 0 Å². The third-order valence-electron chi connectivity index (χ3n) is 6.24. The fourth-order valence-electron chi connectivity index (χ4n) is 4.81. The summed E-state index contributed by atoms with van der Waals surface area (Å²) in [7, 11) is 1.73. The van der Waals surface area contributed by atoms with E-state index in [1.165, 1.54) is 6.33 Å². The molecule has 1 saturated heterocycles. The van der Waals surface area contributed by atoms with Crippen molar-refractivity contribution in [1.29, 1.82) is 0 Å². The van der Waals surface area contributed by atoms with Crippen LogP contribution in [0.5, 0.6) is 0 Å². The lowest BCUT2D eigenvalue weighted by Gasteiger charge is -2.37. The first-order chi connectivity index (χ1) is 14.2. The Labute approximate surface area is 168 Å². The number of ether oxygens (including phenoxy) is 1. The molecule has 1 aliphatic carbocycles. The number of pyridine rings is 2. The summed E-state index contributed by atoms with van der Waals surface area (Å²) in [6.45, 7) is 1.95. The molecule has 0 spiro atoms. The maximum atomic E-state index is 13.0. The number of carbonyl (C=O) groups is 1. The van der Waals surface area contributed by atoms with Crippen molar-refractivity contribution in [2.75, 3.05) is 25.1 Å². The monoisotopic (exact) mass is 392 g/mol. The molecule has 0 bridgehead atoms. The molecule has 1 amide bonds. The van der Waals surface area contributed by atoms with Gasteiger partial charge in [-0.1, -0.05) is 12.1 Å². The summed E-state index contributed by atoms with van der Waals surface area (Å²) in [6.07, 6.45) is 5.12. The molecule has 29 heavy (non-hydrogen) atoms. The molecular weight excluding hydrogens is 368 g/mol. The average molecular weight is 392 g/mol. The first-order valence-corrected chi connectivity index (χ1v) is 10.0. The molecule has 0 aromatic carbocycles. The van der Waals surface area contributed by atoms with Crippen LogP contribution in [-0.4, -0.2) is 57.8 Å². The number of nitrogens with zero attached hydrogens (tertiary/aromatic N) is 5. The van der Waals surface area contributed by atoms with Gasteiger partial charge < -0.3 is 15.0 Å². The van der Waals surface area contributed by atoms with Gasteiger partial charge in [0.15, 0.2) is 5.65 Å². The van der Waals surface area contributed by atoms with Crippen molar-refractivity contribution in [1.82, 2.24) is 24.9 Å². The molecule has 3 aromatic heterocycles. The Hall–Kier alpha value is -3.00. The molecule has 2 fully saturated rings. The van der Waals surface area contributed by atoms with E-state index in [2.05, 4.69) is 31.3 Å². The molecular formula is C21H24N6O2. The average Bonchev–Trinajstić information content (AvgIpc) is 3.40. The van der Waals surface area contributed by atoms with Crippen LogP contribution < -0.4 is 10.2 Å². The van der Waals surface area contributed by atoms with E-state index in [4.69, 9.17) is 4.74 Å². The Morgan fingerprint density at radius 2 is 1.97 bits per heavy atom. The smallest absolute Gasteiger partial charge is 0.270 e. The predicted molar refractivity (Wildman–Crippen MR) is 108 cm³/mol. The molecule has 8 nitrogen and oxygen atoms in total. The Bertz CT molecular complexity index is 1010. The minimum Gasteiger partial charge on any atom is -0.379 e. The SMILES string of the molecule is CO[C@H]1C[C@@H]2CN(c3ccccn3)C[C@@H]2C[C@@H]1NC(=O)c1cccc2ncnn12. The molecule has 1 N–H and O–H groups in total. The van der Waals surface area contributed by atoms with Crippen LogP contribution in [0, 0.1) is 11.8 Å². The second kappa shape index (κ2) is 7.44. The van der Waals surface area contributed by atoms with Gasteiger partial charge in [-0.2, -0.15) is 5.10 Å². The highest BCUT2D eigenvalue weighted by Crippen LogP contribution is 2.38. The minimum atomic E-state index is -0.147. The topological polar surface area (TPSA) is 84.6 Å². The molecule has 2 aliphatic rings. The van der Waals surface area contributed by atoms with Crippen molar-refractivity contribution < 1.29 is 9.53 Å². The molecule has 0 radical (unpaired) electrons. The third-order valence-corrected chi connectivity index (χ3v) is 6.24. The van der Waals surface area contributed by atoms with Crippen LogP contribution in [0.4, 0.5) is 5.82 Å². The standard InChI is InChI=1S/C21H24N6O2/c1-29-18-10-15-12-26(19-6-2-3-8-22-19)11-14(15)9-16(18)25-21(28)17-5-4-7-20-23-13-24-27(17)20/h2-8,13-16,18H,9-12H2,1H3,(H,25,28)/t14-,15+,16-,18-/m0/s1. The van der Waals surface area contributed by atoms with Gasteiger partial charge in [-0.3, -0.25) is 4.79 Å². The van der Waals surface area contributed by atoms with Gasteiger partial charge in [0.1, 0.15) is 17.8 Å². The number of hydrogen-bond acceptors (Lipinski definition) is 6. The first kappa shape index (κ1) is 18.1. The second-order valence-electron chi connectivity index (χ2n) is 7.88. The van der Waals surface area contributed by atoms with Gasteiger partial charge in [-0.15, -0.1) is 0 Å². The number of methoxy groups -OCH3 is 1. The van der Waals surface area contributed by atoms with Gasteiger partial charge in [0.25, 0.3) is 5.91 Å². The summed E-state index contributed by atoms with van der Waals surface area (Å²) >= 11 is 0. The minimum absolute atomic E-state index is 0.00108. The van der Waals surface area contributed by atoms with E-state index in [1.54, 1.807) is 17.7 Å². The highest BCUT2D eigenvalue weighted by Gasteiger charge is 2.43. The fraction of sp³-hybridized carbons (Fsp3) is 0.429. The first-order valence-electron chi connectivity index (χ1n) is 10.0. The number of carbonyl (C=O) groups excluding carboxylic acids is 1. The Kier molecular flexibility index (Phi) is 4.63. The lowest BCUT2D eigenvalue weighted by atomic mass is 9.77. The zero-order valence-corrected chi connectivity index (χ0v) is 16.3. The van der Waals surface area contributed by atoms with Gasteiger partial charge >= 0.3 is 0 Å². The summed E-state index contributed by atoms with van der Waals surface area (Å²) in [6, 6.07) is 11.4. The van der Waals surface area contributed by atoms with Crippen LogP contribution in [0.2, 0.25) is 0 Å². The molecule has 3 aromatic rings. The number of amides is 1. The zero-order chi connectivity index (χ0) is 19.8. The summed E-state index contributed by atoms with van der Waals surface area (Å²) in [5.74, 6) is 1.94. The van der Waals surface area contributed by atoms with E-state index in [0.717, 1.165) is 31.7 Å². The van der Waals surface area contributed by atoms with Crippen molar-refractivity contribution in [3.63, 3.8) is 0 Å². The van der Waals surface area contributed by atoms with Crippen LogP contribution in [-0.2, 0) is 4.74 Å². The van der Waals surface area contributed by atoms with Crippen molar-refractivity contribution >= 4 is 17.4 Å². The van der Waals surface area contributed by atoms with E-state index in [1.807, 2.05) is 30.5 Å². The van der Waals surface area contributed by atoms with Crippen LogP contribution >= 0.6 is 0 Å². The molecule has 5 rings (SSSR count). The van der Waals surface area contributed by atoms with Gasteiger partial charge in [0, 0.05) is 26.4 Å². The molecule has 150 valence electrons. The van der Waals surface area contributed by atoms with Gasteiger partial charge in [-0.25, -0.2) is 14.5 Å².